The minimum atomic E-state index is 0. The first-order chi connectivity index (χ1) is 14.8. The Morgan fingerprint density at radius 1 is 0.903 bits per heavy atom. The number of unbranched alkanes of at least 4 members (excludes halogenated alkanes) is 1. The highest BCUT2D eigenvalue weighted by Gasteiger charge is 2.23. The summed E-state index contributed by atoms with van der Waals surface area (Å²) in [5, 5.41) is 3.55. The maximum absolute atomic E-state index is 6.14. The molecule has 7 heteroatoms. The molecule has 3 rings (SSSR count). The molecule has 31 heavy (non-hydrogen) atoms. The van der Waals surface area contributed by atoms with Gasteiger partial charge in [-0.2, -0.15) is 0 Å². The summed E-state index contributed by atoms with van der Waals surface area (Å²) in [5.41, 5.74) is 0. The number of ether oxygens (including phenoxy) is 3. The first-order valence-corrected chi connectivity index (χ1v) is 12.7. The Morgan fingerprint density at radius 2 is 1.61 bits per heavy atom. The van der Waals surface area contributed by atoms with Gasteiger partial charge in [-0.05, 0) is 57.8 Å². The molecule has 1 N–H and O–H groups in total. The first kappa shape index (κ1) is 27.1. The number of halogens is 1. The second kappa shape index (κ2) is 16.5. The highest BCUT2D eigenvalue weighted by atomic mass is 127. The van der Waals surface area contributed by atoms with Crippen molar-refractivity contribution in [2.75, 3.05) is 46.5 Å². The van der Waals surface area contributed by atoms with Crippen LogP contribution in [0.3, 0.4) is 0 Å². The van der Waals surface area contributed by atoms with Crippen LogP contribution in [0, 0.1) is 0 Å². The van der Waals surface area contributed by atoms with Crippen molar-refractivity contribution in [3.05, 3.63) is 0 Å². The fraction of sp³-hybridized carbons (Fsp3) is 0.958. The number of piperidine rings is 1. The number of guanidine groups is 1. The number of rotatable bonds is 9. The van der Waals surface area contributed by atoms with E-state index in [1.165, 1.54) is 51.4 Å². The highest BCUT2D eigenvalue weighted by molar-refractivity contribution is 14.0. The third kappa shape index (κ3) is 10.6. The van der Waals surface area contributed by atoms with E-state index in [9.17, 15) is 0 Å². The summed E-state index contributed by atoms with van der Waals surface area (Å²) in [6.45, 7) is 5.57. The van der Waals surface area contributed by atoms with Gasteiger partial charge in [-0.15, -0.1) is 24.0 Å². The molecule has 3 fully saturated rings. The van der Waals surface area contributed by atoms with Crippen LogP contribution in [0.15, 0.2) is 4.99 Å². The van der Waals surface area contributed by atoms with E-state index in [0.717, 1.165) is 77.5 Å². The third-order valence-electron chi connectivity index (χ3n) is 6.76. The summed E-state index contributed by atoms with van der Waals surface area (Å²) in [6, 6.07) is 0. The lowest BCUT2D eigenvalue weighted by molar-refractivity contribution is -0.0721. The van der Waals surface area contributed by atoms with Crippen molar-refractivity contribution >= 4 is 29.9 Å². The van der Waals surface area contributed by atoms with Gasteiger partial charge >= 0.3 is 0 Å². The third-order valence-corrected chi connectivity index (χ3v) is 6.76. The van der Waals surface area contributed by atoms with Crippen LogP contribution in [-0.4, -0.2) is 75.7 Å². The van der Waals surface area contributed by atoms with Gasteiger partial charge in [0.05, 0.1) is 24.9 Å². The quantitative estimate of drug-likeness (QED) is 0.147. The Balaban J connectivity index is 0.00000341. The van der Waals surface area contributed by atoms with Gasteiger partial charge in [0.1, 0.15) is 0 Å². The van der Waals surface area contributed by atoms with Crippen molar-refractivity contribution in [3.8, 4) is 0 Å². The van der Waals surface area contributed by atoms with Crippen LogP contribution < -0.4 is 5.32 Å². The molecule has 0 radical (unpaired) electrons. The molecule has 2 saturated heterocycles. The van der Waals surface area contributed by atoms with Gasteiger partial charge < -0.3 is 24.4 Å². The van der Waals surface area contributed by atoms with E-state index >= 15 is 0 Å². The summed E-state index contributed by atoms with van der Waals surface area (Å²) < 4.78 is 18.0. The Kier molecular flexibility index (Phi) is 14.4. The van der Waals surface area contributed by atoms with Crippen LogP contribution in [0.2, 0.25) is 0 Å². The topological polar surface area (TPSA) is 55.3 Å². The molecular weight excluding hydrogens is 505 g/mol. The van der Waals surface area contributed by atoms with E-state index in [4.69, 9.17) is 14.2 Å². The van der Waals surface area contributed by atoms with E-state index in [2.05, 4.69) is 15.2 Å². The van der Waals surface area contributed by atoms with Gasteiger partial charge in [-0.25, -0.2) is 0 Å². The van der Waals surface area contributed by atoms with Crippen LogP contribution in [0.25, 0.3) is 0 Å². The van der Waals surface area contributed by atoms with Crippen LogP contribution >= 0.6 is 24.0 Å². The lowest BCUT2D eigenvalue weighted by Crippen LogP contribution is -2.47. The molecule has 1 atom stereocenters. The number of nitrogens with zero attached hydrogens (tertiary/aromatic N) is 2. The zero-order valence-electron chi connectivity index (χ0n) is 19.7. The second-order valence-corrected chi connectivity index (χ2v) is 9.17. The Morgan fingerprint density at radius 3 is 2.29 bits per heavy atom. The second-order valence-electron chi connectivity index (χ2n) is 9.17. The zero-order chi connectivity index (χ0) is 20.9. The number of likely N-dealkylation sites (tertiary alicyclic amines) is 1. The molecule has 2 heterocycles. The van der Waals surface area contributed by atoms with Gasteiger partial charge in [-0.3, -0.25) is 4.99 Å². The normalized spacial score (nSPS) is 24.5. The molecule has 6 nitrogen and oxygen atoms in total. The first-order valence-electron chi connectivity index (χ1n) is 12.7. The Labute approximate surface area is 207 Å². The molecule has 1 saturated carbocycles. The molecule has 0 bridgehead atoms. The van der Waals surface area contributed by atoms with Gasteiger partial charge in [0, 0.05) is 39.9 Å². The van der Waals surface area contributed by atoms with Crippen molar-refractivity contribution in [2.45, 2.75) is 102 Å². The van der Waals surface area contributed by atoms with E-state index in [-0.39, 0.29) is 24.0 Å². The molecule has 0 aromatic rings. The van der Waals surface area contributed by atoms with Crippen LogP contribution in [-0.2, 0) is 14.2 Å². The van der Waals surface area contributed by atoms with Gasteiger partial charge in [0.15, 0.2) is 5.96 Å². The molecule has 0 amide bonds. The molecule has 2 aliphatic heterocycles. The smallest absolute Gasteiger partial charge is 0.193 e. The van der Waals surface area contributed by atoms with Crippen molar-refractivity contribution in [3.63, 3.8) is 0 Å². The van der Waals surface area contributed by atoms with Gasteiger partial charge in [0.2, 0.25) is 0 Å². The average Bonchev–Trinajstić information content (AvgIpc) is 3.07. The number of aliphatic imine (C=N–C) groups is 1. The summed E-state index contributed by atoms with van der Waals surface area (Å²) in [4.78, 5) is 6.87. The fourth-order valence-corrected chi connectivity index (χ4v) is 4.83. The molecule has 0 aromatic carbocycles. The van der Waals surface area contributed by atoms with E-state index in [0.29, 0.717) is 18.3 Å². The maximum atomic E-state index is 6.14. The van der Waals surface area contributed by atoms with E-state index in [1.807, 2.05) is 7.05 Å². The van der Waals surface area contributed by atoms with Crippen LogP contribution in [0.4, 0.5) is 0 Å². The zero-order valence-corrected chi connectivity index (χ0v) is 22.0. The largest absolute Gasteiger partial charge is 0.378 e. The van der Waals surface area contributed by atoms with Crippen molar-refractivity contribution < 1.29 is 14.2 Å². The minimum absolute atomic E-state index is 0. The van der Waals surface area contributed by atoms with Crippen LogP contribution in [0.1, 0.15) is 83.5 Å². The van der Waals surface area contributed by atoms with E-state index in [1.54, 1.807) is 0 Å². The summed E-state index contributed by atoms with van der Waals surface area (Å²) in [7, 11) is 1.89. The summed E-state index contributed by atoms with van der Waals surface area (Å²) in [6.07, 6.45) is 17.2. The Hall–Kier alpha value is -0.120. The molecule has 1 unspecified atom stereocenters. The molecule has 0 aromatic heterocycles. The van der Waals surface area contributed by atoms with Gasteiger partial charge in [0.25, 0.3) is 0 Å². The van der Waals surface area contributed by atoms with Gasteiger partial charge in [-0.1, -0.05) is 25.7 Å². The van der Waals surface area contributed by atoms with Crippen molar-refractivity contribution in [1.29, 1.82) is 0 Å². The number of nitrogens with one attached hydrogen (secondary N) is 1. The molecular formula is C24H46IN3O3. The highest BCUT2D eigenvalue weighted by Crippen LogP contribution is 2.20. The standard InChI is InChI=1S/C24H45N3O3.HI/c1-25-24(26-15-7-9-19-28-21-10-4-2-3-5-11-21)27-16-13-22(14-17-27)30-20-23-12-6-8-18-29-23;/h21-23H,2-20H2,1H3,(H,25,26);1H. The summed E-state index contributed by atoms with van der Waals surface area (Å²) >= 11 is 0. The maximum Gasteiger partial charge on any atom is 0.193 e. The fourth-order valence-electron chi connectivity index (χ4n) is 4.83. The predicted molar refractivity (Wildman–Crippen MR) is 138 cm³/mol. The number of hydrogen-bond donors (Lipinski definition) is 1. The molecule has 3 aliphatic rings. The molecule has 0 spiro atoms. The molecule has 1 aliphatic carbocycles. The minimum Gasteiger partial charge on any atom is -0.378 e. The average molecular weight is 552 g/mol. The Bertz CT molecular complexity index is 473. The number of hydrogen-bond acceptors (Lipinski definition) is 4. The van der Waals surface area contributed by atoms with Crippen molar-refractivity contribution in [2.24, 2.45) is 4.99 Å². The van der Waals surface area contributed by atoms with Crippen LogP contribution in [0.5, 0.6) is 0 Å². The lowest BCUT2D eigenvalue weighted by Gasteiger charge is -2.35. The lowest BCUT2D eigenvalue weighted by atomic mass is 10.1. The summed E-state index contributed by atoms with van der Waals surface area (Å²) in [5.74, 6) is 1.04. The predicted octanol–water partition coefficient (Wildman–Crippen LogP) is 4.75. The van der Waals surface area contributed by atoms with E-state index < -0.39 is 0 Å². The SMILES string of the molecule is CN=C(NCCCCOC1CCCCCC1)N1CCC(OCC2CCCCO2)CC1.I. The molecule has 182 valence electrons. The van der Waals surface area contributed by atoms with Crippen molar-refractivity contribution in [1.82, 2.24) is 10.2 Å². The monoisotopic (exact) mass is 551 g/mol.